The minimum Gasteiger partial charge on any atom is -0.326 e. The van der Waals surface area contributed by atoms with Crippen molar-refractivity contribution in [1.82, 2.24) is 0 Å². The average Bonchev–Trinajstić information content (AvgIpc) is 2.97. The van der Waals surface area contributed by atoms with Crippen molar-refractivity contribution in [3.05, 3.63) is 58.6 Å². The Hall–Kier alpha value is -2.33. The molecule has 0 saturated heterocycles. The standard InChI is InChI=1S/C19H19ClN2O2/c1-13(23)22-11-10-15-6-8-16(12-18(15)22)21-19(24)9-7-14-4-2-3-5-17(14)20/h2-6,8,12H,7,9-11H2,1H3,(H,21,24). The molecule has 0 atom stereocenters. The molecule has 5 heteroatoms. The Morgan fingerprint density at radius 3 is 2.75 bits per heavy atom. The van der Waals surface area contributed by atoms with E-state index in [9.17, 15) is 9.59 Å². The molecular weight excluding hydrogens is 324 g/mol. The summed E-state index contributed by atoms with van der Waals surface area (Å²) in [4.78, 5) is 25.6. The van der Waals surface area contributed by atoms with Gasteiger partial charge < -0.3 is 10.2 Å². The number of fused-ring (bicyclic) bond motifs is 1. The maximum Gasteiger partial charge on any atom is 0.224 e. The van der Waals surface area contributed by atoms with Gasteiger partial charge in [-0.2, -0.15) is 0 Å². The predicted molar refractivity (Wildman–Crippen MR) is 96.6 cm³/mol. The molecule has 1 aliphatic heterocycles. The first-order valence-electron chi connectivity index (χ1n) is 7.99. The molecule has 0 spiro atoms. The molecule has 0 bridgehead atoms. The van der Waals surface area contributed by atoms with Crippen LogP contribution in [0.5, 0.6) is 0 Å². The number of carbonyl (C=O) groups excluding carboxylic acids is 2. The minimum absolute atomic E-state index is 0.0240. The Balaban J connectivity index is 1.64. The van der Waals surface area contributed by atoms with E-state index in [4.69, 9.17) is 11.6 Å². The first-order chi connectivity index (χ1) is 11.5. The van der Waals surface area contributed by atoms with Crippen molar-refractivity contribution in [2.45, 2.75) is 26.2 Å². The normalized spacial score (nSPS) is 12.8. The van der Waals surface area contributed by atoms with Crippen molar-refractivity contribution < 1.29 is 9.59 Å². The van der Waals surface area contributed by atoms with Crippen LogP contribution in [0.1, 0.15) is 24.5 Å². The summed E-state index contributed by atoms with van der Waals surface area (Å²) in [6.45, 7) is 2.26. The third kappa shape index (κ3) is 3.60. The van der Waals surface area contributed by atoms with Gasteiger partial charge in [0.1, 0.15) is 0 Å². The van der Waals surface area contributed by atoms with Crippen LogP contribution in [0, 0.1) is 0 Å². The van der Waals surface area contributed by atoms with Gasteiger partial charge >= 0.3 is 0 Å². The van der Waals surface area contributed by atoms with E-state index in [1.54, 1.807) is 11.8 Å². The van der Waals surface area contributed by atoms with E-state index < -0.39 is 0 Å². The number of benzene rings is 2. The summed E-state index contributed by atoms with van der Waals surface area (Å²) in [5, 5.41) is 3.58. The monoisotopic (exact) mass is 342 g/mol. The third-order valence-corrected chi connectivity index (χ3v) is 4.59. The van der Waals surface area contributed by atoms with Crippen LogP contribution in [0.15, 0.2) is 42.5 Å². The van der Waals surface area contributed by atoms with Crippen LogP contribution in [0.3, 0.4) is 0 Å². The molecule has 2 aromatic carbocycles. The van der Waals surface area contributed by atoms with Crippen molar-refractivity contribution in [1.29, 1.82) is 0 Å². The first-order valence-corrected chi connectivity index (χ1v) is 8.36. The van der Waals surface area contributed by atoms with E-state index in [-0.39, 0.29) is 11.8 Å². The summed E-state index contributed by atoms with van der Waals surface area (Å²) in [5.41, 5.74) is 3.71. The number of hydrogen-bond donors (Lipinski definition) is 1. The highest BCUT2D eigenvalue weighted by Gasteiger charge is 2.22. The SMILES string of the molecule is CC(=O)N1CCc2ccc(NC(=O)CCc3ccccc3Cl)cc21. The molecule has 1 heterocycles. The average molecular weight is 343 g/mol. The molecule has 3 rings (SSSR count). The van der Waals surface area contributed by atoms with Crippen molar-refractivity contribution in [2.75, 3.05) is 16.8 Å². The molecule has 24 heavy (non-hydrogen) atoms. The number of aryl methyl sites for hydroxylation is 1. The third-order valence-electron chi connectivity index (χ3n) is 4.22. The highest BCUT2D eigenvalue weighted by atomic mass is 35.5. The fourth-order valence-electron chi connectivity index (χ4n) is 2.96. The molecule has 2 amide bonds. The summed E-state index contributed by atoms with van der Waals surface area (Å²) in [6.07, 6.45) is 1.81. The van der Waals surface area contributed by atoms with Crippen LogP contribution >= 0.6 is 11.6 Å². The number of rotatable bonds is 4. The van der Waals surface area contributed by atoms with Crippen molar-refractivity contribution in [3.63, 3.8) is 0 Å². The Kier molecular flexibility index (Phi) is 4.86. The predicted octanol–water partition coefficient (Wildman–Crippen LogP) is 3.82. The van der Waals surface area contributed by atoms with Crippen LogP contribution in [0.2, 0.25) is 5.02 Å². The Morgan fingerprint density at radius 1 is 1.21 bits per heavy atom. The number of amides is 2. The lowest BCUT2D eigenvalue weighted by Crippen LogP contribution is -2.25. The number of nitrogens with one attached hydrogen (secondary N) is 1. The topological polar surface area (TPSA) is 49.4 Å². The maximum absolute atomic E-state index is 12.2. The van der Waals surface area contributed by atoms with Gasteiger partial charge in [-0.05, 0) is 42.2 Å². The molecule has 0 aromatic heterocycles. The Labute approximate surface area is 146 Å². The molecular formula is C19H19ClN2O2. The van der Waals surface area contributed by atoms with Crippen molar-refractivity contribution >= 4 is 34.8 Å². The Morgan fingerprint density at radius 2 is 2.00 bits per heavy atom. The van der Waals surface area contributed by atoms with Gasteiger partial charge in [0.05, 0.1) is 0 Å². The first kappa shape index (κ1) is 16.5. The molecule has 124 valence electrons. The fourth-order valence-corrected chi connectivity index (χ4v) is 3.19. The molecule has 2 aromatic rings. The van der Waals surface area contributed by atoms with E-state index in [0.29, 0.717) is 30.1 Å². The van der Waals surface area contributed by atoms with Gasteiger partial charge in [0.15, 0.2) is 0 Å². The van der Waals surface area contributed by atoms with Crippen molar-refractivity contribution in [3.8, 4) is 0 Å². The molecule has 0 fully saturated rings. The molecule has 0 radical (unpaired) electrons. The number of carbonyl (C=O) groups is 2. The molecule has 0 saturated carbocycles. The largest absolute Gasteiger partial charge is 0.326 e. The summed E-state index contributed by atoms with van der Waals surface area (Å²) >= 11 is 6.11. The second kappa shape index (κ2) is 7.05. The minimum atomic E-state index is -0.0674. The highest BCUT2D eigenvalue weighted by Crippen LogP contribution is 2.31. The summed E-state index contributed by atoms with van der Waals surface area (Å²) in [6, 6.07) is 13.3. The maximum atomic E-state index is 12.2. The summed E-state index contributed by atoms with van der Waals surface area (Å²) in [7, 11) is 0. The lowest BCUT2D eigenvalue weighted by atomic mass is 10.1. The van der Waals surface area contributed by atoms with Gasteiger partial charge in [0, 0.05) is 36.3 Å². The van der Waals surface area contributed by atoms with Crippen LogP contribution in [-0.2, 0) is 22.4 Å². The van der Waals surface area contributed by atoms with E-state index in [0.717, 1.165) is 23.2 Å². The molecule has 4 nitrogen and oxygen atoms in total. The Bertz CT molecular complexity index is 789. The number of anilines is 2. The van der Waals surface area contributed by atoms with Gasteiger partial charge in [-0.1, -0.05) is 35.9 Å². The quantitative estimate of drug-likeness (QED) is 0.918. The number of nitrogens with zero attached hydrogens (tertiary/aromatic N) is 1. The zero-order chi connectivity index (χ0) is 17.1. The van der Waals surface area contributed by atoms with Crippen LogP contribution in [0.4, 0.5) is 11.4 Å². The second-order valence-corrected chi connectivity index (χ2v) is 6.31. The molecule has 0 aliphatic carbocycles. The van der Waals surface area contributed by atoms with E-state index in [1.165, 1.54) is 0 Å². The van der Waals surface area contributed by atoms with E-state index >= 15 is 0 Å². The smallest absolute Gasteiger partial charge is 0.224 e. The van der Waals surface area contributed by atoms with Crippen LogP contribution in [0.25, 0.3) is 0 Å². The second-order valence-electron chi connectivity index (χ2n) is 5.90. The van der Waals surface area contributed by atoms with Crippen molar-refractivity contribution in [2.24, 2.45) is 0 Å². The zero-order valence-corrected chi connectivity index (χ0v) is 14.3. The summed E-state index contributed by atoms with van der Waals surface area (Å²) in [5.74, 6) is -0.0433. The summed E-state index contributed by atoms with van der Waals surface area (Å²) < 4.78 is 0. The van der Waals surface area contributed by atoms with Gasteiger partial charge in [-0.3, -0.25) is 9.59 Å². The van der Waals surface area contributed by atoms with E-state index in [1.807, 2.05) is 42.5 Å². The number of hydrogen-bond acceptors (Lipinski definition) is 2. The zero-order valence-electron chi connectivity index (χ0n) is 13.5. The lowest BCUT2D eigenvalue weighted by Gasteiger charge is -2.16. The molecule has 1 aliphatic rings. The fraction of sp³-hybridized carbons (Fsp3) is 0.263. The van der Waals surface area contributed by atoms with Gasteiger partial charge in [-0.15, -0.1) is 0 Å². The number of halogens is 1. The van der Waals surface area contributed by atoms with Gasteiger partial charge in [0.25, 0.3) is 0 Å². The molecule has 1 N–H and O–H groups in total. The molecule has 0 unspecified atom stereocenters. The lowest BCUT2D eigenvalue weighted by molar-refractivity contribution is -0.117. The van der Waals surface area contributed by atoms with Crippen LogP contribution in [-0.4, -0.2) is 18.4 Å². The van der Waals surface area contributed by atoms with Crippen LogP contribution < -0.4 is 10.2 Å². The van der Waals surface area contributed by atoms with E-state index in [2.05, 4.69) is 5.32 Å². The van der Waals surface area contributed by atoms with Gasteiger partial charge in [-0.25, -0.2) is 0 Å². The van der Waals surface area contributed by atoms with Gasteiger partial charge in [0.2, 0.25) is 11.8 Å². The highest BCUT2D eigenvalue weighted by molar-refractivity contribution is 6.31.